The molecule has 96 valence electrons. The zero-order chi connectivity index (χ0) is 12.9. The van der Waals surface area contributed by atoms with Crippen molar-refractivity contribution < 1.29 is 4.74 Å². The summed E-state index contributed by atoms with van der Waals surface area (Å²) in [5.41, 5.74) is 1.61. The van der Waals surface area contributed by atoms with Crippen LogP contribution >= 0.6 is 0 Å². The quantitative estimate of drug-likeness (QED) is 0.823. The van der Waals surface area contributed by atoms with E-state index in [0.29, 0.717) is 6.61 Å². The molecule has 0 saturated heterocycles. The topological polar surface area (TPSA) is 47.0 Å². The summed E-state index contributed by atoms with van der Waals surface area (Å²) >= 11 is 0. The number of aromatic nitrogens is 2. The van der Waals surface area contributed by atoms with E-state index in [4.69, 9.17) is 4.74 Å². The summed E-state index contributed by atoms with van der Waals surface area (Å²) in [6, 6.07) is 2.00. The monoisotopic (exact) mass is 237 g/mol. The van der Waals surface area contributed by atoms with E-state index in [1.54, 1.807) is 0 Å². The first-order valence-electron chi connectivity index (χ1n) is 6.19. The second kappa shape index (κ2) is 6.07. The fourth-order valence-electron chi connectivity index (χ4n) is 1.79. The van der Waals surface area contributed by atoms with Crippen LogP contribution in [0.1, 0.15) is 44.4 Å². The summed E-state index contributed by atoms with van der Waals surface area (Å²) in [4.78, 5) is 9.10. The maximum atomic E-state index is 5.81. The van der Waals surface area contributed by atoms with Crippen LogP contribution in [0.2, 0.25) is 0 Å². The molecule has 1 heterocycles. The maximum absolute atomic E-state index is 5.81. The van der Waals surface area contributed by atoms with Gasteiger partial charge in [-0.3, -0.25) is 0 Å². The Hall–Kier alpha value is -1.00. The molecule has 0 aliphatic rings. The Morgan fingerprint density at radius 3 is 2.59 bits per heavy atom. The predicted molar refractivity (Wildman–Crippen MR) is 68.8 cm³/mol. The van der Waals surface area contributed by atoms with Crippen molar-refractivity contribution in [2.75, 3.05) is 13.7 Å². The van der Waals surface area contributed by atoms with Gasteiger partial charge in [-0.1, -0.05) is 6.92 Å². The van der Waals surface area contributed by atoms with Gasteiger partial charge in [-0.15, -0.1) is 0 Å². The SMILES string of the molecule is CCOC(C)(CC)c1nc(C)cc(CNC)n1. The molecule has 0 aromatic carbocycles. The first-order chi connectivity index (χ1) is 8.05. The lowest BCUT2D eigenvalue weighted by Gasteiger charge is -2.27. The fourth-order valence-corrected chi connectivity index (χ4v) is 1.79. The molecule has 1 N–H and O–H groups in total. The molecule has 4 nitrogen and oxygen atoms in total. The van der Waals surface area contributed by atoms with E-state index in [-0.39, 0.29) is 5.60 Å². The molecule has 0 aliphatic carbocycles. The predicted octanol–water partition coefficient (Wildman–Crippen LogP) is 2.17. The molecule has 1 atom stereocenters. The molecule has 0 radical (unpaired) electrons. The van der Waals surface area contributed by atoms with Gasteiger partial charge in [-0.05, 0) is 40.3 Å². The number of nitrogens with one attached hydrogen (secondary N) is 1. The highest BCUT2D eigenvalue weighted by Gasteiger charge is 2.28. The number of aryl methyl sites for hydroxylation is 1. The summed E-state index contributed by atoms with van der Waals surface area (Å²) in [5.74, 6) is 0.784. The van der Waals surface area contributed by atoms with Crippen molar-refractivity contribution in [1.29, 1.82) is 0 Å². The second-order valence-corrected chi connectivity index (χ2v) is 4.37. The van der Waals surface area contributed by atoms with E-state index < -0.39 is 0 Å². The van der Waals surface area contributed by atoms with Crippen LogP contribution in [-0.4, -0.2) is 23.6 Å². The Morgan fingerprint density at radius 2 is 2.06 bits per heavy atom. The van der Waals surface area contributed by atoms with Crippen LogP contribution in [0, 0.1) is 6.92 Å². The Morgan fingerprint density at radius 1 is 1.35 bits per heavy atom. The van der Waals surface area contributed by atoms with Crippen molar-refractivity contribution in [3.05, 3.63) is 23.3 Å². The third-order valence-corrected chi connectivity index (χ3v) is 2.88. The summed E-state index contributed by atoms with van der Waals surface area (Å²) in [5, 5.41) is 3.11. The van der Waals surface area contributed by atoms with E-state index in [1.807, 2.05) is 27.0 Å². The zero-order valence-electron chi connectivity index (χ0n) is 11.5. The molecule has 1 rings (SSSR count). The number of hydrogen-bond donors (Lipinski definition) is 1. The zero-order valence-corrected chi connectivity index (χ0v) is 11.5. The summed E-state index contributed by atoms with van der Waals surface area (Å²) in [6.07, 6.45) is 0.864. The number of rotatable bonds is 6. The van der Waals surface area contributed by atoms with Crippen molar-refractivity contribution >= 4 is 0 Å². The molecular weight excluding hydrogens is 214 g/mol. The van der Waals surface area contributed by atoms with Crippen molar-refractivity contribution in [2.45, 2.75) is 46.3 Å². The van der Waals surface area contributed by atoms with Gasteiger partial charge in [0.1, 0.15) is 5.60 Å². The molecule has 0 saturated carbocycles. The van der Waals surface area contributed by atoms with Crippen LogP contribution in [-0.2, 0) is 16.9 Å². The van der Waals surface area contributed by atoms with Gasteiger partial charge in [0, 0.05) is 18.8 Å². The second-order valence-electron chi connectivity index (χ2n) is 4.37. The lowest BCUT2D eigenvalue weighted by molar-refractivity contribution is -0.0393. The van der Waals surface area contributed by atoms with Crippen molar-refractivity contribution in [3.63, 3.8) is 0 Å². The van der Waals surface area contributed by atoms with E-state index >= 15 is 0 Å². The van der Waals surface area contributed by atoms with Gasteiger partial charge < -0.3 is 10.1 Å². The van der Waals surface area contributed by atoms with Crippen LogP contribution in [0.3, 0.4) is 0 Å². The van der Waals surface area contributed by atoms with Crippen LogP contribution < -0.4 is 5.32 Å². The van der Waals surface area contributed by atoms with Crippen LogP contribution in [0.4, 0.5) is 0 Å². The van der Waals surface area contributed by atoms with Crippen LogP contribution in [0.25, 0.3) is 0 Å². The van der Waals surface area contributed by atoms with Crippen LogP contribution in [0.5, 0.6) is 0 Å². The summed E-state index contributed by atoms with van der Waals surface area (Å²) in [7, 11) is 1.92. The Kier molecular flexibility index (Phi) is 5.02. The third kappa shape index (κ3) is 3.48. The molecule has 0 aliphatic heterocycles. The molecule has 0 amide bonds. The molecule has 1 unspecified atom stereocenters. The molecule has 0 bridgehead atoms. The first kappa shape index (κ1) is 14.1. The molecule has 1 aromatic rings. The molecule has 17 heavy (non-hydrogen) atoms. The van der Waals surface area contributed by atoms with E-state index in [2.05, 4.69) is 29.1 Å². The highest BCUT2D eigenvalue weighted by molar-refractivity contribution is 5.13. The average Bonchev–Trinajstić information content (AvgIpc) is 2.29. The summed E-state index contributed by atoms with van der Waals surface area (Å²) in [6.45, 7) is 9.56. The van der Waals surface area contributed by atoms with Crippen molar-refractivity contribution in [1.82, 2.24) is 15.3 Å². The molecular formula is C13H23N3O. The molecule has 1 aromatic heterocycles. The van der Waals surface area contributed by atoms with E-state index in [9.17, 15) is 0 Å². The number of ether oxygens (including phenoxy) is 1. The number of hydrogen-bond acceptors (Lipinski definition) is 4. The fraction of sp³-hybridized carbons (Fsp3) is 0.692. The normalized spacial score (nSPS) is 14.6. The average molecular weight is 237 g/mol. The highest BCUT2D eigenvalue weighted by Crippen LogP contribution is 2.26. The van der Waals surface area contributed by atoms with E-state index in [0.717, 1.165) is 30.2 Å². The van der Waals surface area contributed by atoms with Crippen molar-refractivity contribution in [2.24, 2.45) is 0 Å². The number of nitrogens with zero attached hydrogens (tertiary/aromatic N) is 2. The maximum Gasteiger partial charge on any atom is 0.160 e. The molecule has 0 fully saturated rings. The minimum absolute atomic E-state index is 0.386. The minimum atomic E-state index is -0.386. The van der Waals surface area contributed by atoms with E-state index in [1.165, 1.54) is 0 Å². The third-order valence-electron chi connectivity index (χ3n) is 2.88. The first-order valence-corrected chi connectivity index (χ1v) is 6.19. The summed E-state index contributed by atoms with van der Waals surface area (Å²) < 4.78 is 5.81. The highest BCUT2D eigenvalue weighted by atomic mass is 16.5. The van der Waals surface area contributed by atoms with Crippen molar-refractivity contribution in [3.8, 4) is 0 Å². The van der Waals surface area contributed by atoms with Gasteiger partial charge in [0.2, 0.25) is 0 Å². The minimum Gasteiger partial charge on any atom is -0.368 e. The van der Waals surface area contributed by atoms with Gasteiger partial charge in [-0.2, -0.15) is 0 Å². The molecule has 0 spiro atoms. The Balaban J connectivity index is 3.10. The van der Waals surface area contributed by atoms with Gasteiger partial charge in [0.15, 0.2) is 5.82 Å². The Bertz CT molecular complexity index is 368. The van der Waals surface area contributed by atoms with Gasteiger partial charge in [0.25, 0.3) is 0 Å². The standard InChI is InChI=1S/C13H23N3O/c1-6-13(4,17-7-2)12-15-10(3)8-11(16-12)9-14-5/h8,14H,6-7,9H2,1-5H3. The largest absolute Gasteiger partial charge is 0.368 e. The lowest BCUT2D eigenvalue weighted by atomic mass is 10.0. The molecule has 4 heteroatoms. The van der Waals surface area contributed by atoms with Gasteiger partial charge in [-0.25, -0.2) is 9.97 Å². The smallest absolute Gasteiger partial charge is 0.160 e. The van der Waals surface area contributed by atoms with Gasteiger partial charge in [0.05, 0.1) is 5.69 Å². The Labute approximate surface area is 104 Å². The van der Waals surface area contributed by atoms with Gasteiger partial charge >= 0.3 is 0 Å². The lowest BCUT2D eigenvalue weighted by Crippen LogP contribution is -2.29. The van der Waals surface area contributed by atoms with Crippen LogP contribution in [0.15, 0.2) is 6.07 Å².